The third-order valence-corrected chi connectivity index (χ3v) is 2.79. The van der Waals surface area contributed by atoms with Gasteiger partial charge in [-0.25, -0.2) is 0 Å². The lowest BCUT2D eigenvalue weighted by molar-refractivity contribution is -0.146. The molecular weight excluding hydrogens is 244 g/mol. The van der Waals surface area contributed by atoms with E-state index < -0.39 is 36.5 Å². The Morgan fingerprint density at radius 2 is 1.89 bits per heavy atom. The predicted octanol–water partition coefficient (Wildman–Crippen LogP) is 0.840. The maximum absolute atomic E-state index is 12.1. The number of nitrogens with one attached hydrogen (secondary N) is 1. The second kappa shape index (κ2) is 5.65. The van der Waals surface area contributed by atoms with Crippen molar-refractivity contribution in [2.45, 2.75) is 32.3 Å². The van der Waals surface area contributed by atoms with Crippen LogP contribution in [0.4, 0.5) is 0 Å². The highest BCUT2D eigenvalue weighted by atomic mass is 16.2. The van der Waals surface area contributed by atoms with Gasteiger partial charge >= 0.3 is 0 Å². The number of nitrogens with zero attached hydrogens (tertiary/aromatic N) is 1. The molecule has 1 atom stereocenters. The fourth-order valence-electron chi connectivity index (χ4n) is 1.72. The van der Waals surface area contributed by atoms with Gasteiger partial charge in [0.1, 0.15) is 6.04 Å². The van der Waals surface area contributed by atoms with E-state index in [9.17, 15) is 14.4 Å². The minimum absolute atomic E-state index is 0.181. The van der Waals surface area contributed by atoms with Crippen molar-refractivity contribution in [2.24, 2.45) is 0 Å². The van der Waals surface area contributed by atoms with E-state index in [-0.39, 0.29) is 6.54 Å². The summed E-state index contributed by atoms with van der Waals surface area (Å²) in [5, 5.41) is 2.54. The van der Waals surface area contributed by atoms with Crippen LogP contribution in [0.5, 0.6) is 0 Å². The van der Waals surface area contributed by atoms with Crippen LogP contribution in [0.1, 0.15) is 30.7 Å². The Bertz CT molecular complexity index is 623. The first-order chi connectivity index (χ1) is 10.6. The molecule has 1 N–H and O–H groups in total. The van der Waals surface area contributed by atoms with Crippen molar-refractivity contribution in [3.63, 3.8) is 0 Å². The van der Waals surface area contributed by atoms with E-state index >= 15 is 0 Å². The third-order valence-electron chi connectivity index (χ3n) is 2.79. The highest BCUT2D eigenvalue weighted by Gasteiger charge is 2.35. The number of hydrogen-bond donors (Lipinski definition) is 1. The number of carbonyl (C=O) groups excluding carboxylic acids is 3. The number of hydrogen-bond acceptors (Lipinski definition) is 3. The Kier molecular flexibility index (Phi) is 2.63. The van der Waals surface area contributed by atoms with Gasteiger partial charge in [0.05, 0.1) is 0 Å². The fraction of sp³-hybridized carbons (Fsp3) is 0.357. The van der Waals surface area contributed by atoms with Crippen molar-refractivity contribution in [1.82, 2.24) is 10.2 Å². The molecule has 1 saturated heterocycles. The van der Waals surface area contributed by atoms with E-state index in [1.165, 1.54) is 6.92 Å². The van der Waals surface area contributed by atoms with E-state index in [2.05, 4.69) is 5.32 Å². The van der Waals surface area contributed by atoms with E-state index in [0.717, 1.165) is 5.56 Å². The molecule has 0 spiro atoms. The lowest BCUT2D eigenvalue weighted by Gasteiger charge is -2.21. The van der Waals surface area contributed by atoms with Gasteiger partial charge in [-0.1, -0.05) is 30.3 Å². The molecule has 0 aliphatic carbocycles. The summed E-state index contributed by atoms with van der Waals surface area (Å²) in [7, 11) is 0. The molecule has 5 nitrogen and oxygen atoms in total. The van der Waals surface area contributed by atoms with Crippen LogP contribution < -0.4 is 5.32 Å². The van der Waals surface area contributed by atoms with Crippen LogP contribution >= 0.6 is 0 Å². The number of benzene rings is 1. The summed E-state index contributed by atoms with van der Waals surface area (Å²) in [5.41, 5.74) is 0.817. The maximum Gasteiger partial charge on any atom is 0.243 e. The van der Waals surface area contributed by atoms with Crippen molar-refractivity contribution in [2.75, 3.05) is 0 Å². The largest absolute Gasteiger partial charge is 0.350 e. The van der Waals surface area contributed by atoms with Gasteiger partial charge in [0.2, 0.25) is 17.7 Å². The van der Waals surface area contributed by atoms with Gasteiger partial charge in [0.15, 0.2) is 0 Å². The Labute approximate surface area is 117 Å². The summed E-state index contributed by atoms with van der Waals surface area (Å²) in [6.45, 7) is 1.44. The summed E-state index contributed by atoms with van der Waals surface area (Å²) in [4.78, 5) is 36.4. The average molecular weight is 264 g/mol. The molecule has 100 valence electrons. The number of rotatable bonds is 4. The lowest BCUT2D eigenvalue weighted by atomic mass is 10.2. The standard InChI is InChI=1S/C14H16N2O3/c1-10(16-12(17)7-8-13(16)18)14(19)15-9-11-5-3-2-4-6-11/h2-6,10H,7-9H2,1H3,(H,15,19)/t10-/m1/s1/i7D2,8D2. The van der Waals surface area contributed by atoms with Crippen LogP contribution in [0, 0.1) is 0 Å². The van der Waals surface area contributed by atoms with Crippen molar-refractivity contribution in [3.8, 4) is 0 Å². The Morgan fingerprint density at radius 3 is 2.47 bits per heavy atom. The van der Waals surface area contributed by atoms with Crippen molar-refractivity contribution >= 4 is 17.7 Å². The highest BCUT2D eigenvalue weighted by molar-refractivity contribution is 6.05. The molecule has 5 heteroatoms. The van der Waals surface area contributed by atoms with Crippen LogP contribution in [-0.2, 0) is 20.9 Å². The van der Waals surface area contributed by atoms with Crippen LogP contribution in [0.25, 0.3) is 0 Å². The zero-order valence-corrected chi connectivity index (χ0v) is 10.3. The Balaban J connectivity index is 2.11. The Morgan fingerprint density at radius 1 is 1.32 bits per heavy atom. The van der Waals surface area contributed by atoms with Gasteiger partial charge < -0.3 is 5.32 Å². The third kappa shape index (κ3) is 2.99. The highest BCUT2D eigenvalue weighted by Crippen LogP contribution is 2.15. The van der Waals surface area contributed by atoms with Gasteiger partial charge in [-0.2, -0.15) is 0 Å². The molecular formula is C14H16N2O3. The zero-order chi connectivity index (χ0) is 17.4. The summed E-state index contributed by atoms with van der Waals surface area (Å²) in [6, 6.07) is 7.68. The molecule has 0 saturated carbocycles. The smallest absolute Gasteiger partial charge is 0.243 e. The van der Waals surface area contributed by atoms with Crippen molar-refractivity contribution < 1.29 is 19.9 Å². The SMILES string of the molecule is [2H]C1([2H])C(=O)N([C@H](C)C(=O)NCc2ccccc2)C(=O)C1([2H])[2H]. The molecule has 2 rings (SSSR count). The molecule has 0 aromatic heterocycles. The van der Waals surface area contributed by atoms with Crippen molar-refractivity contribution in [3.05, 3.63) is 35.9 Å². The minimum Gasteiger partial charge on any atom is -0.350 e. The number of likely N-dealkylation sites (tertiary alicyclic amines) is 1. The fourth-order valence-corrected chi connectivity index (χ4v) is 1.72. The first-order valence-electron chi connectivity index (χ1n) is 7.80. The first kappa shape index (κ1) is 8.85. The number of amides is 3. The van der Waals surface area contributed by atoms with Gasteiger partial charge in [-0.15, -0.1) is 0 Å². The first-order valence-corrected chi connectivity index (χ1v) is 5.80. The number of carbonyl (C=O) groups is 3. The van der Waals surface area contributed by atoms with Crippen LogP contribution in [0.15, 0.2) is 30.3 Å². The van der Waals surface area contributed by atoms with E-state index in [1.807, 2.05) is 6.07 Å². The molecule has 0 bridgehead atoms. The zero-order valence-electron chi connectivity index (χ0n) is 14.3. The van der Waals surface area contributed by atoms with Crippen molar-refractivity contribution in [1.29, 1.82) is 0 Å². The quantitative estimate of drug-likeness (QED) is 0.819. The molecule has 1 aromatic carbocycles. The molecule has 3 amide bonds. The summed E-state index contributed by atoms with van der Waals surface area (Å²) >= 11 is 0. The van der Waals surface area contributed by atoms with Crippen LogP contribution in [-0.4, -0.2) is 28.7 Å². The molecule has 1 heterocycles. The van der Waals surface area contributed by atoms with Gasteiger partial charge in [0, 0.05) is 24.8 Å². The Hall–Kier alpha value is -2.17. The molecule has 1 aliphatic rings. The molecule has 1 aliphatic heterocycles. The van der Waals surface area contributed by atoms with E-state index in [4.69, 9.17) is 5.48 Å². The topological polar surface area (TPSA) is 66.5 Å². The maximum atomic E-state index is 12.1. The van der Waals surface area contributed by atoms with Crippen LogP contribution in [0.3, 0.4) is 0 Å². The van der Waals surface area contributed by atoms with Gasteiger partial charge in [0.25, 0.3) is 0 Å². The molecule has 0 unspecified atom stereocenters. The summed E-state index contributed by atoms with van der Waals surface area (Å²) < 4.78 is 29.9. The number of imide groups is 1. The molecule has 1 aromatic rings. The monoisotopic (exact) mass is 264 g/mol. The normalized spacial score (nSPS) is 25.0. The lowest BCUT2D eigenvalue weighted by Crippen LogP contribution is -2.47. The van der Waals surface area contributed by atoms with E-state index in [1.54, 1.807) is 24.3 Å². The second-order valence-electron chi connectivity index (χ2n) is 4.11. The minimum atomic E-state index is -2.99. The summed E-state index contributed by atoms with van der Waals surface area (Å²) in [6.07, 6.45) is -5.98. The van der Waals surface area contributed by atoms with Crippen LogP contribution in [0.2, 0.25) is 0 Å². The second-order valence-corrected chi connectivity index (χ2v) is 4.11. The molecule has 0 radical (unpaired) electrons. The van der Waals surface area contributed by atoms with Gasteiger partial charge in [-0.3, -0.25) is 19.3 Å². The molecule has 1 fully saturated rings. The van der Waals surface area contributed by atoms with E-state index in [0.29, 0.717) is 4.90 Å². The predicted molar refractivity (Wildman–Crippen MR) is 68.8 cm³/mol. The molecule has 19 heavy (non-hydrogen) atoms. The van der Waals surface area contributed by atoms with Gasteiger partial charge in [-0.05, 0) is 12.5 Å². The summed E-state index contributed by atoms with van der Waals surface area (Å²) in [5.74, 6) is -3.34. The average Bonchev–Trinajstić information content (AvgIpc) is 2.63.